The van der Waals surface area contributed by atoms with Gasteiger partial charge in [0.05, 0.1) is 0 Å². The molecule has 56 heavy (non-hydrogen) atoms. The van der Waals surface area contributed by atoms with Crippen LogP contribution in [0.4, 0.5) is 0 Å². The number of fused-ring (bicyclic) bond motifs is 7. The molecule has 2 aromatic heterocycles. The number of aromatic nitrogens is 3. The lowest BCUT2D eigenvalue weighted by molar-refractivity contribution is 0.669. The van der Waals surface area contributed by atoms with E-state index in [0.29, 0.717) is 17.5 Å². The fourth-order valence-corrected chi connectivity index (χ4v) is 8.59. The van der Waals surface area contributed by atoms with E-state index in [1.165, 1.54) is 43.8 Å². The van der Waals surface area contributed by atoms with E-state index in [1.807, 2.05) is 30.3 Å². The van der Waals surface area contributed by atoms with Crippen LogP contribution in [0.5, 0.6) is 0 Å². The molecule has 11 rings (SSSR count). The fourth-order valence-electron chi connectivity index (χ4n) is 8.59. The van der Waals surface area contributed by atoms with Gasteiger partial charge in [0, 0.05) is 27.5 Å². The largest absolute Gasteiger partial charge is 0.456 e. The van der Waals surface area contributed by atoms with E-state index in [1.54, 1.807) is 0 Å². The Hall–Kier alpha value is -7.17. The molecule has 8 aromatic carbocycles. The second kappa shape index (κ2) is 13.0. The Bertz CT molecular complexity index is 3180. The maximum absolute atomic E-state index is 6.61. The van der Waals surface area contributed by atoms with Crippen molar-refractivity contribution in [3.05, 3.63) is 187 Å². The predicted octanol–water partition coefficient (Wildman–Crippen LogP) is 13.5. The first-order valence-electron chi connectivity index (χ1n) is 19.2. The lowest BCUT2D eigenvalue weighted by atomic mass is 9.82. The molecule has 10 aromatic rings. The minimum atomic E-state index is 0.208. The molecule has 0 bridgehead atoms. The smallest absolute Gasteiger partial charge is 0.164 e. The standard InChI is InChI=1S/C52H35N3O/c1-32-28-45-39(27-24-35-14-8-9-17-41(35)45)31-44(32)52-54-50(36-15-6-3-7-16-36)53-51(55-52)43-19-11-21-47-49(43)48-42(18-10-20-46(48)56-47)38-26-23-34-22-25-37(29-40(34)30-38)33-12-4-2-5-13-33/h2-27,29-32H,28H2,1H3. The molecule has 1 aliphatic carbocycles. The van der Waals surface area contributed by atoms with E-state index in [2.05, 4.69) is 153 Å². The van der Waals surface area contributed by atoms with Crippen LogP contribution in [0.15, 0.2) is 174 Å². The molecular weight excluding hydrogens is 683 g/mol. The van der Waals surface area contributed by atoms with Crippen LogP contribution >= 0.6 is 0 Å². The Balaban J connectivity index is 1.11. The monoisotopic (exact) mass is 717 g/mol. The molecule has 2 heterocycles. The summed E-state index contributed by atoms with van der Waals surface area (Å²) in [5.41, 5.74) is 11.8. The first-order chi connectivity index (χ1) is 27.6. The van der Waals surface area contributed by atoms with Gasteiger partial charge in [0.2, 0.25) is 0 Å². The molecule has 0 saturated heterocycles. The molecule has 264 valence electrons. The van der Waals surface area contributed by atoms with E-state index >= 15 is 0 Å². The molecule has 4 nitrogen and oxygen atoms in total. The maximum Gasteiger partial charge on any atom is 0.164 e. The van der Waals surface area contributed by atoms with Crippen molar-refractivity contribution in [2.75, 3.05) is 0 Å². The molecule has 0 spiro atoms. The SMILES string of the molecule is CC1Cc2c(ccc3ccccc23)C=C1c1nc(-c2ccccc2)nc(-c2cccc3oc4cccc(-c5ccc6ccc(-c7ccccc7)cc6c5)c4c23)n1. The van der Waals surface area contributed by atoms with Gasteiger partial charge in [0.15, 0.2) is 17.5 Å². The molecule has 0 radical (unpaired) electrons. The number of furan rings is 1. The number of allylic oxidation sites excluding steroid dienone is 1. The van der Waals surface area contributed by atoms with Crippen molar-refractivity contribution in [2.45, 2.75) is 13.3 Å². The summed E-state index contributed by atoms with van der Waals surface area (Å²) in [4.78, 5) is 15.7. The van der Waals surface area contributed by atoms with Gasteiger partial charge in [-0.3, -0.25) is 0 Å². The highest BCUT2D eigenvalue weighted by molar-refractivity contribution is 6.17. The summed E-state index contributed by atoms with van der Waals surface area (Å²) in [6.07, 6.45) is 3.20. The number of hydrogen-bond acceptors (Lipinski definition) is 4. The number of hydrogen-bond donors (Lipinski definition) is 0. The van der Waals surface area contributed by atoms with Crippen LogP contribution in [0.1, 0.15) is 23.9 Å². The maximum atomic E-state index is 6.61. The van der Waals surface area contributed by atoms with Crippen LogP contribution in [-0.4, -0.2) is 15.0 Å². The number of nitrogens with zero attached hydrogens (tertiary/aromatic N) is 3. The lowest BCUT2D eigenvalue weighted by Crippen LogP contribution is -2.13. The van der Waals surface area contributed by atoms with E-state index in [-0.39, 0.29) is 5.92 Å². The highest BCUT2D eigenvalue weighted by Crippen LogP contribution is 2.43. The Morgan fingerprint density at radius 3 is 1.89 bits per heavy atom. The summed E-state index contributed by atoms with van der Waals surface area (Å²) in [5, 5.41) is 7.01. The van der Waals surface area contributed by atoms with E-state index in [0.717, 1.165) is 56.2 Å². The number of benzene rings is 8. The Morgan fingerprint density at radius 1 is 0.464 bits per heavy atom. The van der Waals surface area contributed by atoms with Crippen molar-refractivity contribution in [3.63, 3.8) is 0 Å². The Labute approximate surface area is 324 Å². The van der Waals surface area contributed by atoms with Gasteiger partial charge < -0.3 is 4.42 Å². The number of rotatable bonds is 5. The van der Waals surface area contributed by atoms with E-state index < -0.39 is 0 Å². The molecular formula is C52H35N3O. The van der Waals surface area contributed by atoms with Gasteiger partial charge in [-0.2, -0.15) is 0 Å². The zero-order valence-corrected chi connectivity index (χ0v) is 30.8. The zero-order valence-electron chi connectivity index (χ0n) is 30.8. The lowest BCUT2D eigenvalue weighted by Gasteiger charge is -2.24. The van der Waals surface area contributed by atoms with Crippen molar-refractivity contribution in [3.8, 4) is 45.0 Å². The van der Waals surface area contributed by atoms with Gasteiger partial charge in [-0.15, -0.1) is 0 Å². The molecule has 0 aliphatic heterocycles. The topological polar surface area (TPSA) is 51.8 Å². The van der Waals surface area contributed by atoms with Gasteiger partial charge in [0.25, 0.3) is 0 Å². The van der Waals surface area contributed by atoms with Crippen molar-refractivity contribution in [1.29, 1.82) is 0 Å². The van der Waals surface area contributed by atoms with Crippen LogP contribution in [0.25, 0.3) is 100 Å². The Morgan fingerprint density at radius 2 is 1.09 bits per heavy atom. The van der Waals surface area contributed by atoms with Crippen molar-refractivity contribution in [2.24, 2.45) is 5.92 Å². The molecule has 1 atom stereocenters. The third kappa shape index (κ3) is 5.41. The minimum Gasteiger partial charge on any atom is -0.456 e. The van der Waals surface area contributed by atoms with Crippen LogP contribution in [0, 0.1) is 5.92 Å². The van der Waals surface area contributed by atoms with Crippen molar-refractivity contribution >= 4 is 55.1 Å². The summed E-state index contributed by atoms with van der Waals surface area (Å²) in [5.74, 6) is 2.19. The molecule has 1 aliphatic rings. The molecule has 0 fully saturated rings. The van der Waals surface area contributed by atoms with Crippen LogP contribution in [0.3, 0.4) is 0 Å². The second-order valence-electron chi connectivity index (χ2n) is 14.8. The van der Waals surface area contributed by atoms with Crippen LogP contribution in [-0.2, 0) is 6.42 Å². The quantitative estimate of drug-likeness (QED) is 0.178. The first kappa shape index (κ1) is 32.3. The average molecular weight is 718 g/mol. The molecule has 1 unspecified atom stereocenters. The minimum absolute atomic E-state index is 0.208. The summed E-state index contributed by atoms with van der Waals surface area (Å²) in [6, 6.07) is 59.8. The molecule has 0 saturated carbocycles. The van der Waals surface area contributed by atoms with Crippen molar-refractivity contribution < 1.29 is 4.42 Å². The van der Waals surface area contributed by atoms with Gasteiger partial charge in [0.1, 0.15) is 11.2 Å². The van der Waals surface area contributed by atoms with Crippen LogP contribution in [0.2, 0.25) is 0 Å². The normalized spacial score (nSPS) is 14.0. The van der Waals surface area contributed by atoms with Gasteiger partial charge in [-0.1, -0.05) is 153 Å². The molecule has 0 amide bonds. The summed E-state index contributed by atoms with van der Waals surface area (Å²) >= 11 is 0. The zero-order chi connectivity index (χ0) is 37.2. The average Bonchev–Trinajstić information content (AvgIpc) is 3.66. The summed E-state index contributed by atoms with van der Waals surface area (Å²) < 4.78 is 6.61. The van der Waals surface area contributed by atoms with Gasteiger partial charge in [-0.05, 0) is 97.6 Å². The van der Waals surface area contributed by atoms with Gasteiger partial charge >= 0.3 is 0 Å². The highest BCUT2D eigenvalue weighted by atomic mass is 16.3. The van der Waals surface area contributed by atoms with E-state index in [4.69, 9.17) is 19.4 Å². The first-order valence-corrected chi connectivity index (χ1v) is 19.2. The van der Waals surface area contributed by atoms with Crippen LogP contribution < -0.4 is 0 Å². The van der Waals surface area contributed by atoms with Crippen molar-refractivity contribution in [1.82, 2.24) is 15.0 Å². The molecule has 4 heteroatoms. The Kier molecular flexibility index (Phi) is 7.49. The fraction of sp³-hybridized carbons (Fsp3) is 0.0577. The molecule has 0 N–H and O–H groups in total. The third-order valence-electron chi connectivity index (χ3n) is 11.4. The predicted molar refractivity (Wildman–Crippen MR) is 231 cm³/mol. The summed E-state index contributed by atoms with van der Waals surface area (Å²) in [7, 11) is 0. The third-order valence-corrected chi connectivity index (χ3v) is 11.4. The second-order valence-corrected chi connectivity index (χ2v) is 14.8. The van der Waals surface area contributed by atoms with Gasteiger partial charge in [-0.25, -0.2) is 15.0 Å². The van der Waals surface area contributed by atoms with E-state index in [9.17, 15) is 0 Å². The highest BCUT2D eigenvalue weighted by Gasteiger charge is 2.25. The summed E-state index contributed by atoms with van der Waals surface area (Å²) in [6.45, 7) is 2.28.